The van der Waals surface area contributed by atoms with Gasteiger partial charge in [0.25, 0.3) is 0 Å². The highest BCUT2D eigenvalue weighted by Gasteiger charge is 2.22. The molecule has 5 heteroatoms. The van der Waals surface area contributed by atoms with E-state index in [0.717, 1.165) is 6.54 Å². The van der Waals surface area contributed by atoms with Crippen molar-refractivity contribution < 1.29 is 12.9 Å². The standard InChI is InChI=1S/C13H16BF3N/c15-14(16,17)10-12-6-8-18(9-7-12)11-13-4-2-1-3-5-13/h1-5,10H,6-9,11H2/q-1. The van der Waals surface area contributed by atoms with Crippen LogP contribution in [0.5, 0.6) is 0 Å². The third-order valence-electron chi connectivity index (χ3n) is 3.17. The molecule has 1 nitrogen and oxygen atoms in total. The Morgan fingerprint density at radius 2 is 1.67 bits per heavy atom. The van der Waals surface area contributed by atoms with Gasteiger partial charge < -0.3 is 12.9 Å². The van der Waals surface area contributed by atoms with Crippen molar-refractivity contribution in [3.8, 4) is 0 Å². The van der Waals surface area contributed by atoms with E-state index in [9.17, 15) is 12.9 Å². The van der Waals surface area contributed by atoms with Crippen LogP contribution in [0, 0.1) is 0 Å². The van der Waals surface area contributed by atoms with Crippen molar-refractivity contribution in [2.45, 2.75) is 19.4 Å². The molecule has 1 heterocycles. The SMILES string of the molecule is F[B-](F)(F)C=C1CCN(Cc2ccccc2)CC1. The van der Waals surface area contributed by atoms with Crippen molar-refractivity contribution in [1.29, 1.82) is 0 Å². The predicted molar refractivity (Wildman–Crippen MR) is 68.1 cm³/mol. The molecule has 98 valence electrons. The first-order chi connectivity index (χ1) is 8.53. The maximum atomic E-state index is 12.3. The number of likely N-dealkylation sites (tertiary alicyclic amines) is 1. The third kappa shape index (κ3) is 4.22. The van der Waals surface area contributed by atoms with E-state index in [-0.39, 0.29) is 0 Å². The summed E-state index contributed by atoms with van der Waals surface area (Å²) in [5.41, 5.74) is 1.76. The van der Waals surface area contributed by atoms with Gasteiger partial charge in [0.2, 0.25) is 0 Å². The van der Waals surface area contributed by atoms with Crippen LogP contribution in [0.25, 0.3) is 0 Å². The van der Waals surface area contributed by atoms with Crippen LogP contribution in [0.2, 0.25) is 0 Å². The lowest BCUT2D eigenvalue weighted by Crippen LogP contribution is -2.31. The first-order valence-corrected chi connectivity index (χ1v) is 6.20. The number of hydrogen-bond acceptors (Lipinski definition) is 1. The van der Waals surface area contributed by atoms with E-state index in [1.165, 1.54) is 5.56 Å². The molecule has 0 amide bonds. The van der Waals surface area contributed by atoms with Gasteiger partial charge in [0.05, 0.1) is 0 Å². The number of nitrogens with zero attached hydrogens (tertiary/aromatic N) is 1. The van der Waals surface area contributed by atoms with E-state index in [0.29, 0.717) is 37.5 Å². The molecule has 0 aromatic heterocycles. The summed E-state index contributed by atoms with van der Waals surface area (Å²) in [6, 6.07) is 10.0. The quantitative estimate of drug-likeness (QED) is 0.745. The predicted octanol–water partition coefficient (Wildman–Crippen LogP) is 3.60. The molecule has 0 bridgehead atoms. The number of benzene rings is 1. The van der Waals surface area contributed by atoms with Gasteiger partial charge in [0, 0.05) is 19.6 Å². The summed E-state index contributed by atoms with van der Waals surface area (Å²) in [7, 11) is 0. The monoisotopic (exact) mass is 254 g/mol. The summed E-state index contributed by atoms with van der Waals surface area (Å²) in [5.74, 6) is 0.528. The molecular formula is C13H16BF3N-. The largest absolute Gasteiger partial charge is 0.502 e. The van der Waals surface area contributed by atoms with Gasteiger partial charge >= 0.3 is 6.98 Å². The first-order valence-electron chi connectivity index (χ1n) is 6.20. The molecule has 0 saturated carbocycles. The summed E-state index contributed by atoms with van der Waals surface area (Å²) < 4.78 is 36.8. The average Bonchev–Trinajstić information content (AvgIpc) is 2.31. The van der Waals surface area contributed by atoms with Gasteiger partial charge in [-0.2, -0.15) is 0 Å². The van der Waals surface area contributed by atoms with Gasteiger partial charge in [0.15, 0.2) is 0 Å². The molecule has 1 aromatic carbocycles. The van der Waals surface area contributed by atoms with E-state index in [4.69, 9.17) is 0 Å². The van der Waals surface area contributed by atoms with Crippen LogP contribution in [0.3, 0.4) is 0 Å². The molecule has 2 rings (SSSR count). The fraction of sp³-hybridized carbons (Fsp3) is 0.385. The Morgan fingerprint density at radius 1 is 1.06 bits per heavy atom. The van der Waals surface area contributed by atoms with Crippen molar-refractivity contribution in [2.24, 2.45) is 0 Å². The number of hydrogen-bond donors (Lipinski definition) is 0. The molecular weight excluding hydrogens is 238 g/mol. The Bertz CT molecular complexity index is 404. The Hall–Kier alpha value is -1.23. The maximum Gasteiger partial charge on any atom is 0.502 e. The van der Waals surface area contributed by atoms with Gasteiger partial charge in [-0.1, -0.05) is 30.3 Å². The highest BCUT2D eigenvalue weighted by atomic mass is 19.4. The normalized spacial score (nSPS) is 17.8. The Labute approximate surface area is 105 Å². The zero-order valence-electron chi connectivity index (χ0n) is 10.2. The Balaban J connectivity index is 1.86. The molecule has 0 atom stereocenters. The van der Waals surface area contributed by atoms with Crippen LogP contribution in [-0.4, -0.2) is 25.0 Å². The summed E-state index contributed by atoms with van der Waals surface area (Å²) in [6.45, 7) is -2.52. The zero-order valence-corrected chi connectivity index (χ0v) is 10.2. The Morgan fingerprint density at radius 3 is 2.22 bits per heavy atom. The van der Waals surface area contributed by atoms with Crippen LogP contribution in [0.4, 0.5) is 12.9 Å². The molecule has 1 fully saturated rings. The van der Waals surface area contributed by atoms with E-state index in [1.807, 2.05) is 30.3 Å². The number of piperidine rings is 1. The van der Waals surface area contributed by atoms with Crippen molar-refractivity contribution in [1.82, 2.24) is 4.90 Å². The highest BCUT2D eigenvalue weighted by Crippen LogP contribution is 2.22. The van der Waals surface area contributed by atoms with E-state index < -0.39 is 6.98 Å². The van der Waals surface area contributed by atoms with Crippen molar-refractivity contribution in [2.75, 3.05) is 13.1 Å². The molecule has 1 aliphatic heterocycles. The summed E-state index contributed by atoms with van der Waals surface area (Å²) in [5, 5.41) is 0. The van der Waals surface area contributed by atoms with Gasteiger partial charge in [0.1, 0.15) is 0 Å². The minimum Gasteiger partial charge on any atom is -0.445 e. The molecule has 0 radical (unpaired) electrons. The van der Waals surface area contributed by atoms with E-state index in [2.05, 4.69) is 4.90 Å². The maximum absolute atomic E-state index is 12.3. The molecule has 0 spiro atoms. The molecule has 0 unspecified atom stereocenters. The van der Waals surface area contributed by atoms with Crippen molar-refractivity contribution >= 4 is 6.98 Å². The van der Waals surface area contributed by atoms with Crippen LogP contribution in [-0.2, 0) is 6.54 Å². The lowest BCUT2D eigenvalue weighted by Gasteiger charge is -2.29. The summed E-state index contributed by atoms with van der Waals surface area (Å²) in [4.78, 5) is 2.20. The first kappa shape index (κ1) is 13.2. The molecule has 1 aromatic rings. The molecule has 0 aliphatic carbocycles. The van der Waals surface area contributed by atoms with Gasteiger partial charge in [-0.3, -0.25) is 4.90 Å². The minimum absolute atomic E-state index is 0.528. The van der Waals surface area contributed by atoms with Gasteiger partial charge in [-0.15, -0.1) is 11.5 Å². The molecule has 1 aliphatic rings. The van der Waals surface area contributed by atoms with Crippen LogP contribution >= 0.6 is 0 Å². The van der Waals surface area contributed by atoms with E-state index >= 15 is 0 Å². The molecule has 1 saturated heterocycles. The summed E-state index contributed by atoms with van der Waals surface area (Å²) in [6.07, 6.45) is 1.07. The number of rotatable bonds is 3. The van der Waals surface area contributed by atoms with Crippen molar-refractivity contribution in [3.05, 3.63) is 47.4 Å². The minimum atomic E-state index is -4.78. The third-order valence-corrected chi connectivity index (χ3v) is 3.17. The average molecular weight is 254 g/mol. The fourth-order valence-electron chi connectivity index (χ4n) is 2.27. The lowest BCUT2D eigenvalue weighted by molar-refractivity contribution is 0.248. The second kappa shape index (κ2) is 5.61. The van der Waals surface area contributed by atoms with Crippen LogP contribution in [0.15, 0.2) is 41.9 Å². The second-order valence-electron chi connectivity index (χ2n) is 4.71. The fourth-order valence-corrected chi connectivity index (χ4v) is 2.27. The smallest absolute Gasteiger partial charge is 0.445 e. The lowest BCUT2D eigenvalue weighted by atomic mass is 9.85. The molecule has 0 N–H and O–H groups in total. The van der Waals surface area contributed by atoms with Crippen LogP contribution in [0.1, 0.15) is 18.4 Å². The van der Waals surface area contributed by atoms with Crippen molar-refractivity contribution in [3.63, 3.8) is 0 Å². The second-order valence-corrected chi connectivity index (χ2v) is 4.71. The van der Waals surface area contributed by atoms with E-state index in [1.54, 1.807) is 0 Å². The summed E-state index contributed by atoms with van der Waals surface area (Å²) >= 11 is 0. The molecule has 18 heavy (non-hydrogen) atoms. The van der Waals surface area contributed by atoms with Gasteiger partial charge in [-0.05, 0) is 18.4 Å². The Kier molecular flexibility index (Phi) is 4.12. The topological polar surface area (TPSA) is 3.24 Å². The van der Waals surface area contributed by atoms with Gasteiger partial charge in [-0.25, -0.2) is 0 Å². The number of halogens is 3. The zero-order chi connectivity index (χ0) is 13.0. The van der Waals surface area contributed by atoms with Crippen LogP contribution < -0.4 is 0 Å². The highest BCUT2D eigenvalue weighted by molar-refractivity contribution is 6.64.